The molecule has 0 amide bonds. The molecule has 0 aromatic heterocycles. The van der Waals surface area contributed by atoms with Gasteiger partial charge in [-0.2, -0.15) is 0 Å². The third kappa shape index (κ3) is 2.17. The van der Waals surface area contributed by atoms with Crippen molar-refractivity contribution in [3.05, 3.63) is 0 Å². The van der Waals surface area contributed by atoms with Crippen molar-refractivity contribution < 1.29 is 14.3 Å². The van der Waals surface area contributed by atoms with Crippen molar-refractivity contribution in [3.8, 4) is 0 Å². The topological polar surface area (TPSA) is 38.8 Å². The number of hydrogen-bond acceptors (Lipinski definition) is 3. The molecule has 5 rings (SSSR count). The summed E-state index contributed by atoms with van der Waals surface area (Å²) in [5.74, 6) is 3.20. The maximum atomic E-state index is 11.6. The molecule has 0 bridgehead atoms. The lowest BCUT2D eigenvalue weighted by molar-refractivity contribution is -0.161. The van der Waals surface area contributed by atoms with E-state index < -0.39 is 0 Å². The molecule has 9 atom stereocenters. The van der Waals surface area contributed by atoms with Crippen LogP contribution in [0.2, 0.25) is 0 Å². The van der Waals surface area contributed by atoms with Crippen molar-refractivity contribution in [2.75, 3.05) is 0 Å². The average Bonchev–Trinajstić information content (AvgIpc) is 3.06. The lowest BCUT2D eigenvalue weighted by Gasteiger charge is -2.60. The highest BCUT2D eigenvalue weighted by atomic mass is 16.6. The minimum Gasteiger partial charge on any atom is -0.462 e. The summed E-state index contributed by atoms with van der Waals surface area (Å²) in [4.78, 5) is 11.6. The second kappa shape index (κ2) is 5.03. The Morgan fingerprint density at radius 1 is 0.960 bits per heavy atom. The van der Waals surface area contributed by atoms with Crippen LogP contribution in [-0.2, 0) is 14.3 Å². The molecule has 1 heterocycles. The van der Waals surface area contributed by atoms with Crippen LogP contribution in [0.15, 0.2) is 0 Å². The van der Waals surface area contributed by atoms with Crippen molar-refractivity contribution in [1.29, 1.82) is 0 Å². The largest absolute Gasteiger partial charge is 0.462 e. The van der Waals surface area contributed by atoms with Crippen molar-refractivity contribution in [3.63, 3.8) is 0 Å². The first-order chi connectivity index (χ1) is 11.8. The van der Waals surface area contributed by atoms with Crippen LogP contribution in [-0.4, -0.2) is 23.8 Å². The minimum absolute atomic E-state index is 0.0953. The third-order valence-electron chi connectivity index (χ3n) is 9.60. The van der Waals surface area contributed by atoms with Gasteiger partial charge in [0.05, 0.1) is 11.7 Å². The smallest absolute Gasteiger partial charge is 0.302 e. The summed E-state index contributed by atoms with van der Waals surface area (Å²) >= 11 is 0. The van der Waals surface area contributed by atoms with Gasteiger partial charge in [-0.3, -0.25) is 4.79 Å². The Hall–Kier alpha value is -0.570. The summed E-state index contributed by atoms with van der Waals surface area (Å²) in [7, 11) is 0. The molecule has 3 nitrogen and oxygen atoms in total. The fourth-order valence-corrected chi connectivity index (χ4v) is 8.15. The van der Waals surface area contributed by atoms with Crippen LogP contribution in [0.3, 0.4) is 0 Å². The number of esters is 1. The van der Waals surface area contributed by atoms with E-state index in [1.165, 1.54) is 44.9 Å². The van der Waals surface area contributed by atoms with Crippen LogP contribution in [0.1, 0.15) is 79.1 Å². The van der Waals surface area contributed by atoms with Crippen LogP contribution in [0.5, 0.6) is 0 Å². The maximum Gasteiger partial charge on any atom is 0.302 e. The van der Waals surface area contributed by atoms with Crippen molar-refractivity contribution in [2.45, 2.75) is 96.9 Å². The normalized spacial score (nSPS) is 59.2. The Morgan fingerprint density at radius 3 is 2.48 bits per heavy atom. The van der Waals surface area contributed by atoms with E-state index >= 15 is 0 Å². The van der Waals surface area contributed by atoms with Crippen LogP contribution in [0.25, 0.3) is 0 Å². The highest BCUT2D eigenvalue weighted by Crippen LogP contribution is 2.69. The highest BCUT2D eigenvalue weighted by molar-refractivity contribution is 5.66. The molecular weight excluding hydrogens is 312 g/mol. The van der Waals surface area contributed by atoms with E-state index in [1.807, 2.05) is 0 Å². The van der Waals surface area contributed by atoms with Crippen LogP contribution in [0, 0.1) is 34.5 Å². The first-order valence-electron chi connectivity index (χ1n) is 10.6. The molecule has 4 aliphatic carbocycles. The Bertz CT molecular complexity index is 602. The van der Waals surface area contributed by atoms with Gasteiger partial charge < -0.3 is 9.47 Å². The fraction of sp³-hybridized carbons (Fsp3) is 0.955. The zero-order chi connectivity index (χ0) is 17.6. The zero-order valence-corrected chi connectivity index (χ0v) is 16.3. The number of fused-ring (bicyclic) bond motifs is 6. The number of epoxide rings is 1. The van der Waals surface area contributed by atoms with E-state index in [9.17, 15) is 4.79 Å². The second-order valence-corrected chi connectivity index (χ2v) is 10.7. The summed E-state index contributed by atoms with van der Waals surface area (Å²) < 4.78 is 11.9. The van der Waals surface area contributed by atoms with Gasteiger partial charge in [0.15, 0.2) is 0 Å². The van der Waals surface area contributed by atoms with Gasteiger partial charge in [-0.25, -0.2) is 0 Å². The summed E-state index contributed by atoms with van der Waals surface area (Å²) in [5, 5.41) is 0. The minimum atomic E-state index is -0.0953. The van der Waals surface area contributed by atoms with Gasteiger partial charge in [0.25, 0.3) is 0 Å². The molecule has 0 spiro atoms. The molecule has 1 saturated heterocycles. The molecule has 0 aromatic rings. The van der Waals surface area contributed by atoms with Crippen molar-refractivity contribution >= 4 is 5.97 Å². The van der Waals surface area contributed by atoms with Gasteiger partial charge in [0.2, 0.25) is 0 Å². The zero-order valence-electron chi connectivity index (χ0n) is 16.3. The van der Waals surface area contributed by atoms with Crippen LogP contribution < -0.4 is 0 Å². The van der Waals surface area contributed by atoms with Crippen molar-refractivity contribution in [1.82, 2.24) is 0 Å². The molecule has 0 aromatic carbocycles. The summed E-state index contributed by atoms with van der Waals surface area (Å²) in [6, 6.07) is 0. The number of hydrogen-bond donors (Lipinski definition) is 0. The van der Waals surface area contributed by atoms with Gasteiger partial charge in [-0.15, -0.1) is 0 Å². The number of rotatable bonds is 1. The van der Waals surface area contributed by atoms with Gasteiger partial charge in [0.1, 0.15) is 6.10 Å². The lowest BCUT2D eigenvalue weighted by Crippen LogP contribution is -2.55. The second-order valence-electron chi connectivity index (χ2n) is 10.7. The predicted molar refractivity (Wildman–Crippen MR) is 95.9 cm³/mol. The molecule has 5 aliphatic rings. The molecule has 1 aliphatic heterocycles. The summed E-state index contributed by atoms with van der Waals surface area (Å²) in [5.41, 5.74) is 0.910. The number of carbonyl (C=O) groups is 1. The lowest BCUT2D eigenvalue weighted by atomic mass is 9.44. The third-order valence-corrected chi connectivity index (χ3v) is 9.60. The SMILES string of the molecule is CC(=O)O[C@H]1CC[C@H]2[C@@H]3CC[C@H]4C[C@]5(C)O[C@@H]5C[C@]4(C)[C@H]3CC[C@]12C. The molecule has 25 heavy (non-hydrogen) atoms. The van der Waals surface area contributed by atoms with Gasteiger partial charge in [-0.1, -0.05) is 13.8 Å². The molecule has 140 valence electrons. The monoisotopic (exact) mass is 346 g/mol. The number of carbonyl (C=O) groups excluding carboxylic acids is 1. The van der Waals surface area contributed by atoms with Crippen LogP contribution >= 0.6 is 0 Å². The Labute approximate surface area is 152 Å². The first-order valence-corrected chi connectivity index (χ1v) is 10.6. The van der Waals surface area contributed by atoms with Gasteiger partial charge in [0, 0.05) is 12.3 Å². The van der Waals surface area contributed by atoms with Crippen LogP contribution in [0.4, 0.5) is 0 Å². The fourth-order valence-electron chi connectivity index (χ4n) is 8.15. The quantitative estimate of drug-likeness (QED) is 0.509. The van der Waals surface area contributed by atoms with Gasteiger partial charge in [-0.05, 0) is 87.4 Å². The van der Waals surface area contributed by atoms with Crippen molar-refractivity contribution in [2.24, 2.45) is 34.5 Å². The van der Waals surface area contributed by atoms with E-state index in [2.05, 4.69) is 20.8 Å². The van der Waals surface area contributed by atoms with E-state index in [0.29, 0.717) is 11.5 Å². The maximum absolute atomic E-state index is 11.6. The van der Waals surface area contributed by atoms with E-state index in [0.717, 1.165) is 30.1 Å². The molecule has 3 heteroatoms. The Balaban J connectivity index is 1.41. The molecule has 4 saturated carbocycles. The van der Waals surface area contributed by atoms with Gasteiger partial charge >= 0.3 is 5.97 Å². The first kappa shape index (κ1) is 16.6. The van der Waals surface area contributed by atoms with E-state index in [1.54, 1.807) is 6.92 Å². The van der Waals surface area contributed by atoms with E-state index in [-0.39, 0.29) is 23.1 Å². The molecule has 5 fully saturated rings. The highest BCUT2D eigenvalue weighted by Gasteiger charge is 2.67. The predicted octanol–water partition coefficient (Wildman–Crippen LogP) is 4.73. The molecular formula is C22H34O3. The Kier molecular flexibility index (Phi) is 3.34. The van der Waals surface area contributed by atoms with E-state index in [4.69, 9.17) is 9.47 Å². The molecule has 0 N–H and O–H groups in total. The standard InChI is InChI=1S/C22H34O3/c1-13(23)24-18-8-7-16-15-6-5-14-11-22(4)19(25-22)12-21(14,3)17(15)9-10-20(16,18)2/h14-19H,5-12H2,1-4H3/t14-,15-,16-,17-,18-,19+,20-,21-,22-/m0/s1. The average molecular weight is 347 g/mol. The molecule has 0 unspecified atom stereocenters. The Morgan fingerprint density at radius 2 is 1.72 bits per heavy atom. The molecule has 0 radical (unpaired) electrons. The summed E-state index contributed by atoms with van der Waals surface area (Å²) in [6.07, 6.45) is 10.9. The number of ether oxygens (including phenoxy) is 2. The summed E-state index contributed by atoms with van der Waals surface area (Å²) in [6.45, 7) is 8.92.